The minimum Gasteiger partial charge on any atom is -0.383 e. The van der Waals surface area contributed by atoms with E-state index in [0.717, 1.165) is 23.6 Å². The van der Waals surface area contributed by atoms with E-state index in [4.69, 9.17) is 11.5 Å². The highest BCUT2D eigenvalue weighted by atomic mass is 32.2. The Hall–Kier alpha value is -2.03. The molecule has 1 heterocycles. The second kappa shape index (κ2) is 7.47. The van der Waals surface area contributed by atoms with E-state index in [9.17, 15) is 9.59 Å². The predicted octanol–water partition coefficient (Wildman–Crippen LogP) is 1.38. The Morgan fingerprint density at radius 1 is 1.28 bits per heavy atom. The van der Waals surface area contributed by atoms with Crippen molar-refractivity contribution in [3.63, 3.8) is 0 Å². The average Bonchev–Trinajstić information content (AvgIpc) is 3.15. The summed E-state index contributed by atoms with van der Waals surface area (Å²) >= 11 is 1.08. The minimum atomic E-state index is -0.450. The van der Waals surface area contributed by atoms with Crippen molar-refractivity contribution in [2.24, 2.45) is 17.8 Å². The van der Waals surface area contributed by atoms with Crippen LogP contribution in [-0.4, -0.2) is 33.7 Å². The number of rotatable bonds is 5. The van der Waals surface area contributed by atoms with Crippen molar-refractivity contribution < 1.29 is 9.59 Å². The van der Waals surface area contributed by atoms with E-state index >= 15 is 0 Å². The van der Waals surface area contributed by atoms with E-state index in [1.165, 1.54) is 31.7 Å². The maximum atomic E-state index is 12.0. The Balaban J connectivity index is 1.42. The topological polar surface area (TPSA) is 136 Å². The van der Waals surface area contributed by atoms with E-state index in [0.29, 0.717) is 11.1 Å². The van der Waals surface area contributed by atoms with Gasteiger partial charge in [0.25, 0.3) is 0 Å². The van der Waals surface area contributed by atoms with E-state index in [-0.39, 0.29) is 23.4 Å². The van der Waals surface area contributed by atoms with Gasteiger partial charge >= 0.3 is 6.03 Å². The highest BCUT2D eigenvalue weighted by Gasteiger charge is 2.42. The first-order chi connectivity index (χ1) is 11.9. The summed E-state index contributed by atoms with van der Waals surface area (Å²) in [4.78, 5) is 31.9. The number of hydrogen-bond donors (Lipinski definition) is 4. The van der Waals surface area contributed by atoms with Gasteiger partial charge in [-0.1, -0.05) is 18.2 Å². The molecule has 3 amide bonds. The number of carbonyl (C=O) groups is 2. The van der Waals surface area contributed by atoms with E-state index < -0.39 is 11.9 Å². The Morgan fingerprint density at radius 3 is 2.60 bits per heavy atom. The molecule has 0 radical (unpaired) electrons. The third-order valence-electron chi connectivity index (χ3n) is 5.12. The van der Waals surface area contributed by atoms with Crippen LogP contribution in [0.15, 0.2) is 11.2 Å². The van der Waals surface area contributed by atoms with Gasteiger partial charge in [0.15, 0.2) is 5.16 Å². The van der Waals surface area contributed by atoms with Gasteiger partial charge in [-0.3, -0.25) is 10.1 Å². The van der Waals surface area contributed by atoms with Crippen LogP contribution in [-0.2, 0) is 4.79 Å². The number of nitrogens with zero attached hydrogens (tertiary/aromatic N) is 2. The molecular weight excluding hydrogens is 340 g/mol. The van der Waals surface area contributed by atoms with Crippen molar-refractivity contribution in [3.05, 3.63) is 6.07 Å². The molecular formula is C16H24N6O2S. The Labute approximate surface area is 150 Å². The fourth-order valence-corrected chi connectivity index (χ4v) is 4.75. The maximum absolute atomic E-state index is 12.0. The minimum absolute atomic E-state index is 0.0127. The van der Waals surface area contributed by atoms with Crippen LogP contribution >= 0.6 is 11.8 Å². The molecule has 25 heavy (non-hydrogen) atoms. The zero-order valence-corrected chi connectivity index (χ0v) is 15.0. The third-order valence-corrected chi connectivity index (χ3v) is 5.97. The maximum Gasteiger partial charge on any atom is 0.321 e. The molecule has 2 fully saturated rings. The summed E-state index contributed by atoms with van der Waals surface area (Å²) in [5, 5.41) is 5.56. The zero-order chi connectivity index (χ0) is 18.0. The number of amides is 3. The fraction of sp³-hybridized carbons (Fsp3) is 0.625. The van der Waals surface area contributed by atoms with Crippen LogP contribution in [0.1, 0.15) is 32.6 Å². The van der Waals surface area contributed by atoms with Gasteiger partial charge in [0, 0.05) is 12.1 Å². The van der Waals surface area contributed by atoms with Crippen LogP contribution in [0, 0.1) is 17.8 Å². The van der Waals surface area contributed by atoms with Gasteiger partial charge in [0.1, 0.15) is 11.6 Å². The second-order valence-electron chi connectivity index (χ2n) is 6.94. The summed E-state index contributed by atoms with van der Waals surface area (Å²) in [7, 11) is 0. The van der Waals surface area contributed by atoms with Crippen molar-refractivity contribution in [1.82, 2.24) is 20.6 Å². The zero-order valence-electron chi connectivity index (χ0n) is 14.2. The predicted molar refractivity (Wildman–Crippen MR) is 96.7 cm³/mol. The fourth-order valence-electron chi connectivity index (χ4n) is 4.08. The van der Waals surface area contributed by atoms with Crippen molar-refractivity contribution in [3.8, 4) is 0 Å². The molecule has 2 aliphatic carbocycles. The number of anilines is 2. The van der Waals surface area contributed by atoms with Crippen LogP contribution in [0.3, 0.4) is 0 Å². The number of nitrogens with two attached hydrogens (primary N) is 2. The van der Waals surface area contributed by atoms with Crippen molar-refractivity contribution in [2.75, 3.05) is 17.2 Å². The number of aromatic nitrogens is 2. The van der Waals surface area contributed by atoms with Gasteiger partial charge < -0.3 is 16.8 Å². The molecule has 0 aromatic carbocycles. The first-order valence-corrected chi connectivity index (χ1v) is 9.52. The SMILES string of the molecule is C[C@H](NC(=O)NC(=O)CSc1nc(N)cc(N)n1)[C@H]1C[C@H]2CC[C@H]1C2. The molecule has 8 nitrogen and oxygen atoms in total. The Bertz CT molecular complexity index is 650. The molecule has 0 unspecified atom stereocenters. The number of nitrogen functional groups attached to an aromatic ring is 2. The second-order valence-corrected chi connectivity index (χ2v) is 7.88. The summed E-state index contributed by atoms with van der Waals surface area (Å²) in [6, 6.07) is 1.07. The molecule has 9 heteroatoms. The molecule has 2 saturated carbocycles. The van der Waals surface area contributed by atoms with Gasteiger partial charge in [-0.25, -0.2) is 14.8 Å². The number of carbonyl (C=O) groups excluding carboxylic acids is 2. The van der Waals surface area contributed by atoms with Crippen molar-refractivity contribution in [1.29, 1.82) is 0 Å². The third kappa shape index (κ3) is 4.53. The lowest BCUT2D eigenvalue weighted by Crippen LogP contribution is -2.47. The van der Waals surface area contributed by atoms with E-state index in [2.05, 4.69) is 20.6 Å². The van der Waals surface area contributed by atoms with Gasteiger partial charge in [-0.05, 0) is 43.9 Å². The summed E-state index contributed by atoms with van der Waals surface area (Å²) in [6.45, 7) is 2.02. The number of thioether (sulfide) groups is 1. The number of fused-ring (bicyclic) bond motifs is 2. The number of urea groups is 1. The van der Waals surface area contributed by atoms with Crippen molar-refractivity contribution >= 4 is 35.3 Å². The van der Waals surface area contributed by atoms with Crippen LogP contribution in [0.25, 0.3) is 0 Å². The van der Waals surface area contributed by atoms with E-state index in [1.807, 2.05) is 6.92 Å². The molecule has 0 spiro atoms. The van der Waals surface area contributed by atoms with Gasteiger partial charge in [-0.2, -0.15) is 0 Å². The largest absolute Gasteiger partial charge is 0.383 e. The standard InChI is InChI=1S/C16H24N6O2S/c1-8(11-5-9-2-3-10(11)4-9)19-15(24)22-14(23)7-25-16-20-12(17)6-13(18)21-16/h6,8-11H,2-5,7H2,1H3,(H4,17,18,20,21)(H2,19,22,23,24)/t8-,9-,10-,11+/m0/s1. The van der Waals surface area contributed by atoms with Gasteiger partial charge in [0.2, 0.25) is 5.91 Å². The Kier molecular flexibility index (Phi) is 5.31. The molecule has 4 atom stereocenters. The normalized spacial score (nSPS) is 25.6. The first-order valence-electron chi connectivity index (χ1n) is 8.54. The lowest BCUT2D eigenvalue weighted by molar-refractivity contribution is -0.117. The van der Waals surface area contributed by atoms with Gasteiger partial charge in [-0.15, -0.1) is 0 Å². The van der Waals surface area contributed by atoms with E-state index in [1.54, 1.807) is 0 Å². The Morgan fingerprint density at radius 2 is 2.00 bits per heavy atom. The summed E-state index contributed by atoms with van der Waals surface area (Å²) in [6.07, 6.45) is 5.07. The quantitative estimate of drug-likeness (QED) is 0.458. The lowest BCUT2D eigenvalue weighted by Gasteiger charge is -2.28. The molecule has 2 bridgehead atoms. The highest BCUT2D eigenvalue weighted by Crippen LogP contribution is 2.49. The molecule has 0 saturated heterocycles. The van der Waals surface area contributed by atoms with Gasteiger partial charge in [0.05, 0.1) is 5.75 Å². The smallest absolute Gasteiger partial charge is 0.321 e. The molecule has 1 aromatic rings. The molecule has 2 aliphatic rings. The summed E-state index contributed by atoms with van der Waals surface area (Å²) in [5.74, 6) is 2.16. The monoisotopic (exact) mass is 364 g/mol. The van der Waals surface area contributed by atoms with Crippen LogP contribution in [0.5, 0.6) is 0 Å². The molecule has 136 valence electrons. The lowest BCUT2D eigenvalue weighted by atomic mass is 9.84. The van der Waals surface area contributed by atoms with Crippen LogP contribution in [0.4, 0.5) is 16.4 Å². The van der Waals surface area contributed by atoms with Crippen molar-refractivity contribution in [2.45, 2.75) is 43.8 Å². The molecule has 0 aliphatic heterocycles. The van der Waals surface area contributed by atoms with Crippen LogP contribution in [0.2, 0.25) is 0 Å². The summed E-state index contributed by atoms with van der Waals surface area (Å²) in [5.41, 5.74) is 11.2. The molecule has 3 rings (SSSR count). The number of hydrogen-bond acceptors (Lipinski definition) is 7. The average molecular weight is 364 g/mol. The van der Waals surface area contributed by atoms with Crippen LogP contribution < -0.4 is 22.1 Å². The number of nitrogens with one attached hydrogen (secondary N) is 2. The summed E-state index contributed by atoms with van der Waals surface area (Å²) < 4.78 is 0. The molecule has 6 N–H and O–H groups in total. The first kappa shape index (κ1) is 17.8. The number of imide groups is 1. The molecule has 1 aromatic heterocycles. The highest BCUT2D eigenvalue weighted by molar-refractivity contribution is 7.99.